The molecule has 190 valence electrons. The quantitative estimate of drug-likeness (QED) is 0.187. The van der Waals surface area contributed by atoms with E-state index in [1.165, 1.54) is 4.90 Å². The lowest BCUT2D eigenvalue weighted by molar-refractivity contribution is -0.132. The van der Waals surface area contributed by atoms with Crippen LogP contribution in [0.3, 0.4) is 0 Å². The molecule has 0 aliphatic carbocycles. The summed E-state index contributed by atoms with van der Waals surface area (Å²) >= 11 is 4.39. The van der Waals surface area contributed by atoms with Gasteiger partial charge in [-0.1, -0.05) is 39.4 Å². The first-order valence-corrected chi connectivity index (χ1v) is 13.3. The Morgan fingerprint density at radius 2 is 1.97 bits per heavy atom. The van der Waals surface area contributed by atoms with Crippen LogP contribution in [0.2, 0.25) is 0 Å². The van der Waals surface area contributed by atoms with E-state index in [2.05, 4.69) is 20.9 Å². The molecule has 2 aliphatic rings. The van der Waals surface area contributed by atoms with Gasteiger partial charge in [-0.05, 0) is 62.2 Å². The second-order valence-corrected chi connectivity index (χ2v) is 10.7. The molecule has 1 N–H and O–H groups in total. The number of thiazole rings is 1. The summed E-state index contributed by atoms with van der Waals surface area (Å²) in [4.78, 5) is 45.2. The Bertz CT molecular complexity index is 1460. The number of halogens is 1. The topological polar surface area (TPSA) is 106 Å². The molecular formula is C27H23BrN2O6S. The lowest BCUT2D eigenvalue weighted by Gasteiger charge is -2.23. The third kappa shape index (κ3) is 4.44. The number of nitrogens with zero attached hydrogens (tertiary/aromatic N) is 2. The van der Waals surface area contributed by atoms with E-state index >= 15 is 0 Å². The summed E-state index contributed by atoms with van der Waals surface area (Å²) in [5.74, 6) is -1.76. The predicted molar refractivity (Wildman–Crippen MR) is 142 cm³/mol. The average Bonchev–Trinajstić information content (AvgIpc) is 3.51. The molecule has 1 saturated heterocycles. The molecule has 37 heavy (non-hydrogen) atoms. The number of aromatic nitrogens is 1. The highest BCUT2D eigenvalue weighted by Crippen LogP contribution is 2.44. The maximum Gasteiger partial charge on any atom is 0.350 e. The molecule has 0 saturated carbocycles. The number of fused-ring (bicyclic) bond motifs is 1. The van der Waals surface area contributed by atoms with E-state index in [1.807, 2.05) is 6.92 Å². The van der Waals surface area contributed by atoms with Crippen molar-refractivity contribution in [2.45, 2.75) is 39.3 Å². The summed E-state index contributed by atoms with van der Waals surface area (Å²) in [6, 6.07) is 11.4. The molecule has 10 heteroatoms. The molecule has 2 unspecified atom stereocenters. The number of Topliss-reactive ketones (excluding diaryl/α,β-unsaturated/α-hetero) is 1. The van der Waals surface area contributed by atoms with E-state index in [-0.39, 0.29) is 34.1 Å². The van der Waals surface area contributed by atoms with Gasteiger partial charge < -0.3 is 14.6 Å². The summed E-state index contributed by atoms with van der Waals surface area (Å²) < 4.78 is 11.7. The van der Waals surface area contributed by atoms with Gasteiger partial charge in [-0.3, -0.25) is 14.5 Å². The number of ether oxygens (including phenoxy) is 2. The van der Waals surface area contributed by atoms with Crippen molar-refractivity contribution in [3.63, 3.8) is 0 Å². The van der Waals surface area contributed by atoms with Crippen LogP contribution in [0.4, 0.5) is 5.13 Å². The predicted octanol–water partition coefficient (Wildman–Crippen LogP) is 5.34. The Kier molecular flexibility index (Phi) is 6.63. The first-order chi connectivity index (χ1) is 17.7. The van der Waals surface area contributed by atoms with Crippen molar-refractivity contribution in [2.75, 3.05) is 11.5 Å². The van der Waals surface area contributed by atoms with Crippen molar-refractivity contribution in [1.82, 2.24) is 4.98 Å². The van der Waals surface area contributed by atoms with Crippen LogP contribution < -0.4 is 9.64 Å². The summed E-state index contributed by atoms with van der Waals surface area (Å²) in [6.07, 6.45) is 0.693. The number of aryl methyl sites for hydroxylation is 1. The standard InChI is InChI=1S/C27H23BrN2O6S/c1-4-35-26(34)24-14(3)29-27(37-24)30-21(15-5-8-18(28)9-6-15)20(23(32)25(30)33)22(31)16-7-10-19-17(12-16)11-13(2)36-19/h5-10,12-13,21,31H,4,11H2,1-3H3. The van der Waals surface area contributed by atoms with Crippen molar-refractivity contribution in [3.05, 3.63) is 79.8 Å². The molecule has 2 atom stereocenters. The van der Waals surface area contributed by atoms with E-state index in [9.17, 15) is 19.5 Å². The van der Waals surface area contributed by atoms with Crippen LogP contribution in [0.1, 0.15) is 51.9 Å². The SMILES string of the molecule is CCOC(=O)c1sc(N2C(=O)C(=O)C(=C(O)c3ccc4c(c3)CC(C)O4)C2c2ccc(Br)cc2)nc1C. The second-order valence-electron chi connectivity index (χ2n) is 8.81. The average molecular weight is 583 g/mol. The molecule has 1 aromatic heterocycles. The molecule has 1 amide bonds. The van der Waals surface area contributed by atoms with Gasteiger partial charge in [0.25, 0.3) is 5.78 Å². The zero-order chi connectivity index (χ0) is 26.4. The lowest BCUT2D eigenvalue weighted by atomic mass is 9.94. The van der Waals surface area contributed by atoms with Gasteiger partial charge in [0.15, 0.2) is 5.13 Å². The maximum absolute atomic E-state index is 13.4. The van der Waals surface area contributed by atoms with Crippen LogP contribution in [0.25, 0.3) is 5.76 Å². The summed E-state index contributed by atoms with van der Waals surface area (Å²) in [6.45, 7) is 5.50. The van der Waals surface area contributed by atoms with Crippen LogP contribution in [0.15, 0.2) is 52.5 Å². The van der Waals surface area contributed by atoms with E-state index < -0.39 is 23.7 Å². The van der Waals surface area contributed by atoms with Crippen molar-refractivity contribution >= 4 is 55.8 Å². The smallest absolute Gasteiger partial charge is 0.350 e. The molecule has 2 aliphatic heterocycles. The van der Waals surface area contributed by atoms with Crippen molar-refractivity contribution in [1.29, 1.82) is 0 Å². The van der Waals surface area contributed by atoms with Crippen LogP contribution in [-0.2, 0) is 20.7 Å². The molecule has 0 radical (unpaired) electrons. The van der Waals surface area contributed by atoms with Crippen LogP contribution >= 0.6 is 27.3 Å². The fraction of sp³-hybridized carbons (Fsp3) is 0.259. The second kappa shape index (κ2) is 9.75. The number of anilines is 1. The molecule has 1 fully saturated rings. The summed E-state index contributed by atoms with van der Waals surface area (Å²) in [7, 11) is 0. The third-order valence-corrected chi connectivity index (χ3v) is 7.92. The van der Waals surface area contributed by atoms with Gasteiger partial charge in [0.1, 0.15) is 22.5 Å². The van der Waals surface area contributed by atoms with Crippen LogP contribution in [0, 0.1) is 6.92 Å². The molecule has 0 bridgehead atoms. The van der Waals surface area contributed by atoms with Crippen molar-refractivity contribution in [2.24, 2.45) is 0 Å². The Hall–Kier alpha value is -3.50. The Labute approximate surface area is 225 Å². The van der Waals surface area contributed by atoms with E-state index in [0.29, 0.717) is 23.2 Å². The number of aliphatic hydroxyl groups is 1. The molecule has 3 heterocycles. The van der Waals surface area contributed by atoms with Crippen LogP contribution in [-0.4, -0.2) is 40.5 Å². The molecule has 3 aromatic rings. The fourth-order valence-corrected chi connectivity index (χ4v) is 5.84. The van der Waals surface area contributed by atoms with Crippen molar-refractivity contribution < 1.29 is 29.0 Å². The molecular weight excluding hydrogens is 560 g/mol. The number of hydrogen-bond donors (Lipinski definition) is 1. The highest BCUT2D eigenvalue weighted by molar-refractivity contribution is 9.10. The molecule has 2 aromatic carbocycles. The normalized spacial score (nSPS) is 20.2. The molecule has 5 rings (SSSR count). The number of carbonyl (C=O) groups is 3. The third-order valence-electron chi connectivity index (χ3n) is 6.25. The highest BCUT2D eigenvalue weighted by Gasteiger charge is 2.48. The van der Waals surface area contributed by atoms with Gasteiger partial charge in [-0.2, -0.15) is 0 Å². The van der Waals surface area contributed by atoms with E-state index in [0.717, 1.165) is 27.1 Å². The van der Waals surface area contributed by atoms with Gasteiger partial charge in [0, 0.05) is 16.5 Å². The summed E-state index contributed by atoms with van der Waals surface area (Å²) in [5.41, 5.74) is 2.28. The number of carbonyl (C=O) groups excluding carboxylic acids is 3. The van der Waals surface area contributed by atoms with Crippen LogP contribution in [0.5, 0.6) is 5.75 Å². The lowest BCUT2D eigenvalue weighted by Crippen LogP contribution is -2.29. The maximum atomic E-state index is 13.4. The van der Waals surface area contributed by atoms with Gasteiger partial charge in [0.2, 0.25) is 0 Å². The fourth-order valence-electron chi connectivity index (χ4n) is 4.59. The minimum atomic E-state index is -0.947. The van der Waals surface area contributed by atoms with Crippen molar-refractivity contribution in [3.8, 4) is 5.75 Å². The summed E-state index contributed by atoms with van der Waals surface area (Å²) in [5, 5.41) is 11.6. The number of amides is 1. The number of hydrogen-bond acceptors (Lipinski definition) is 8. The number of rotatable bonds is 5. The number of ketones is 1. The Balaban J connectivity index is 1.66. The van der Waals surface area contributed by atoms with Gasteiger partial charge in [-0.15, -0.1) is 0 Å². The highest BCUT2D eigenvalue weighted by atomic mass is 79.9. The zero-order valence-electron chi connectivity index (χ0n) is 20.3. The molecule has 8 nitrogen and oxygen atoms in total. The van der Waals surface area contributed by atoms with E-state index in [1.54, 1.807) is 56.3 Å². The Morgan fingerprint density at radius 1 is 1.24 bits per heavy atom. The minimum Gasteiger partial charge on any atom is -0.507 e. The van der Waals surface area contributed by atoms with Gasteiger partial charge in [0.05, 0.1) is 23.9 Å². The monoisotopic (exact) mass is 582 g/mol. The number of aliphatic hydroxyl groups excluding tert-OH is 1. The van der Waals surface area contributed by atoms with Gasteiger partial charge >= 0.3 is 11.9 Å². The zero-order valence-corrected chi connectivity index (χ0v) is 22.7. The largest absolute Gasteiger partial charge is 0.507 e. The number of esters is 1. The Morgan fingerprint density at radius 3 is 2.68 bits per heavy atom. The van der Waals surface area contributed by atoms with Gasteiger partial charge in [-0.25, -0.2) is 9.78 Å². The minimum absolute atomic E-state index is 0.0162. The molecule has 0 spiro atoms. The van der Waals surface area contributed by atoms with E-state index in [4.69, 9.17) is 9.47 Å². The number of benzene rings is 2. The first-order valence-electron chi connectivity index (χ1n) is 11.7. The first kappa shape index (κ1) is 25.2.